The van der Waals surface area contributed by atoms with E-state index in [2.05, 4.69) is 5.32 Å². The highest BCUT2D eigenvalue weighted by molar-refractivity contribution is 7.17. The minimum absolute atomic E-state index is 0.238. The quantitative estimate of drug-likeness (QED) is 0.560. The summed E-state index contributed by atoms with van der Waals surface area (Å²) in [4.78, 5) is 37.7. The molecule has 0 spiro atoms. The van der Waals surface area contributed by atoms with E-state index in [0.717, 1.165) is 36.1 Å². The summed E-state index contributed by atoms with van der Waals surface area (Å²) in [5.74, 6) is -0.414. The van der Waals surface area contributed by atoms with E-state index in [0.29, 0.717) is 28.5 Å². The minimum atomic E-state index is -0.567. The first kappa shape index (κ1) is 20.1. The fourth-order valence-corrected chi connectivity index (χ4v) is 4.54. The number of aryl methyl sites for hydroxylation is 1. The number of fused-ring (bicyclic) bond motifs is 1. The molecular formula is C21H23NO5S. The number of anilines is 1. The van der Waals surface area contributed by atoms with Gasteiger partial charge in [0.25, 0.3) is 0 Å². The second-order valence-corrected chi connectivity index (χ2v) is 7.66. The maximum atomic E-state index is 12.7. The van der Waals surface area contributed by atoms with Gasteiger partial charge in [-0.05, 0) is 62.4 Å². The third-order valence-corrected chi connectivity index (χ3v) is 5.69. The number of esters is 1. The number of hydrogen-bond acceptors (Lipinski definition) is 6. The van der Waals surface area contributed by atoms with Gasteiger partial charge in [0, 0.05) is 17.4 Å². The molecule has 1 N–H and O–H groups in total. The molecule has 0 unspecified atom stereocenters. The van der Waals surface area contributed by atoms with E-state index in [1.165, 1.54) is 18.3 Å². The molecule has 3 rings (SSSR count). The van der Waals surface area contributed by atoms with Gasteiger partial charge in [-0.2, -0.15) is 0 Å². The van der Waals surface area contributed by atoms with Gasteiger partial charge in [0.05, 0.1) is 12.2 Å². The van der Waals surface area contributed by atoms with Crippen LogP contribution >= 0.6 is 11.3 Å². The molecule has 28 heavy (non-hydrogen) atoms. The number of hydrogen-bond donors (Lipinski definition) is 1. The summed E-state index contributed by atoms with van der Waals surface area (Å²) in [5, 5.41) is 3.24. The Kier molecular flexibility index (Phi) is 6.46. The van der Waals surface area contributed by atoms with Crippen molar-refractivity contribution in [1.82, 2.24) is 0 Å². The first-order chi connectivity index (χ1) is 13.5. The number of carbonyl (C=O) groups excluding carboxylic acids is 3. The Morgan fingerprint density at radius 3 is 2.50 bits per heavy atom. The Morgan fingerprint density at radius 2 is 1.82 bits per heavy atom. The zero-order chi connectivity index (χ0) is 20.1. The summed E-state index contributed by atoms with van der Waals surface area (Å²) in [6.45, 7) is 3.49. The van der Waals surface area contributed by atoms with Crippen LogP contribution in [0.25, 0.3) is 0 Å². The van der Waals surface area contributed by atoms with Crippen LogP contribution < -0.4 is 10.1 Å². The number of amides is 1. The number of thiophene rings is 1. The van der Waals surface area contributed by atoms with Gasteiger partial charge in [0.15, 0.2) is 12.4 Å². The van der Waals surface area contributed by atoms with Crippen molar-refractivity contribution in [2.24, 2.45) is 0 Å². The number of ether oxygens (including phenoxy) is 2. The van der Waals surface area contributed by atoms with Crippen LogP contribution in [0.15, 0.2) is 24.3 Å². The Bertz CT molecular complexity index is 885. The summed E-state index contributed by atoms with van der Waals surface area (Å²) < 4.78 is 10.7. The lowest BCUT2D eigenvalue weighted by Crippen LogP contribution is -2.17. The molecular weight excluding hydrogens is 378 g/mol. The van der Waals surface area contributed by atoms with Crippen LogP contribution in [0, 0.1) is 0 Å². The van der Waals surface area contributed by atoms with Gasteiger partial charge in [-0.15, -0.1) is 11.3 Å². The molecule has 1 aliphatic rings. The maximum Gasteiger partial charge on any atom is 0.341 e. The molecule has 148 valence electrons. The van der Waals surface area contributed by atoms with Crippen molar-refractivity contribution in [1.29, 1.82) is 0 Å². The van der Waals surface area contributed by atoms with E-state index in [-0.39, 0.29) is 18.3 Å². The average molecular weight is 401 g/mol. The number of benzene rings is 1. The lowest BCUT2D eigenvalue weighted by molar-refractivity contribution is -0.114. The van der Waals surface area contributed by atoms with Crippen LogP contribution in [0.5, 0.6) is 5.75 Å². The van der Waals surface area contributed by atoms with Crippen LogP contribution in [-0.2, 0) is 22.4 Å². The largest absolute Gasteiger partial charge is 0.494 e. The number of rotatable bonds is 7. The van der Waals surface area contributed by atoms with Gasteiger partial charge in [-0.3, -0.25) is 9.59 Å². The monoisotopic (exact) mass is 401 g/mol. The lowest BCUT2D eigenvalue weighted by Gasteiger charge is -2.12. The summed E-state index contributed by atoms with van der Waals surface area (Å²) in [7, 11) is 0. The molecule has 1 amide bonds. The fourth-order valence-electron chi connectivity index (χ4n) is 3.22. The molecule has 1 aromatic heterocycles. The fraction of sp³-hybridized carbons (Fsp3) is 0.381. The van der Waals surface area contributed by atoms with Crippen molar-refractivity contribution in [2.45, 2.75) is 39.5 Å². The van der Waals surface area contributed by atoms with Crippen molar-refractivity contribution in [3.63, 3.8) is 0 Å². The Hall–Kier alpha value is -2.67. The number of nitrogens with one attached hydrogen (secondary N) is 1. The molecule has 6 nitrogen and oxygen atoms in total. The standard InChI is InChI=1S/C21H23NO5S/c1-3-26-15-10-8-14(9-11-15)17(24)12-27-21(25)19-16-6-4-5-7-18(16)28-20(19)22-13(2)23/h8-11H,3-7,12H2,1-2H3,(H,22,23). The second-order valence-electron chi connectivity index (χ2n) is 6.55. The van der Waals surface area contributed by atoms with E-state index in [1.807, 2.05) is 6.92 Å². The highest BCUT2D eigenvalue weighted by Crippen LogP contribution is 2.38. The van der Waals surface area contributed by atoms with Crippen molar-refractivity contribution >= 4 is 34.0 Å². The van der Waals surface area contributed by atoms with Crippen molar-refractivity contribution in [2.75, 3.05) is 18.5 Å². The molecule has 1 heterocycles. The van der Waals surface area contributed by atoms with Gasteiger partial charge in [-0.25, -0.2) is 4.79 Å². The van der Waals surface area contributed by atoms with Gasteiger partial charge >= 0.3 is 5.97 Å². The Morgan fingerprint density at radius 1 is 1.11 bits per heavy atom. The van der Waals surface area contributed by atoms with Crippen molar-refractivity contribution < 1.29 is 23.9 Å². The highest BCUT2D eigenvalue weighted by Gasteiger charge is 2.27. The van der Waals surface area contributed by atoms with Crippen LogP contribution in [0.4, 0.5) is 5.00 Å². The van der Waals surface area contributed by atoms with E-state index in [4.69, 9.17) is 9.47 Å². The summed E-state index contributed by atoms with van der Waals surface area (Å²) in [5.41, 5.74) is 1.79. The molecule has 0 saturated carbocycles. The van der Waals surface area contributed by atoms with Crippen molar-refractivity contribution in [3.8, 4) is 5.75 Å². The van der Waals surface area contributed by atoms with Crippen LogP contribution in [0.2, 0.25) is 0 Å². The maximum absolute atomic E-state index is 12.7. The summed E-state index contributed by atoms with van der Waals surface area (Å²) in [6, 6.07) is 6.72. The van der Waals surface area contributed by atoms with Gasteiger partial charge in [0.2, 0.25) is 5.91 Å². The summed E-state index contributed by atoms with van der Waals surface area (Å²) in [6.07, 6.45) is 3.74. The lowest BCUT2D eigenvalue weighted by atomic mass is 9.95. The SMILES string of the molecule is CCOc1ccc(C(=O)COC(=O)c2c(NC(C)=O)sc3c2CCCC3)cc1. The number of carbonyl (C=O) groups is 3. The third-order valence-electron chi connectivity index (χ3n) is 4.49. The topological polar surface area (TPSA) is 81.7 Å². The molecule has 0 atom stereocenters. The van der Waals surface area contributed by atoms with E-state index in [9.17, 15) is 14.4 Å². The zero-order valence-corrected chi connectivity index (χ0v) is 16.8. The molecule has 0 radical (unpaired) electrons. The van der Waals surface area contributed by atoms with Gasteiger partial charge in [0.1, 0.15) is 10.8 Å². The third kappa shape index (κ3) is 4.59. The van der Waals surface area contributed by atoms with Crippen LogP contribution in [-0.4, -0.2) is 30.9 Å². The zero-order valence-electron chi connectivity index (χ0n) is 16.0. The summed E-state index contributed by atoms with van der Waals surface area (Å²) >= 11 is 1.42. The minimum Gasteiger partial charge on any atom is -0.494 e. The second kappa shape index (κ2) is 9.01. The first-order valence-corrected chi connectivity index (χ1v) is 10.2. The number of ketones is 1. The predicted molar refractivity (Wildman–Crippen MR) is 107 cm³/mol. The Balaban J connectivity index is 1.71. The van der Waals surface area contributed by atoms with E-state index < -0.39 is 5.97 Å². The smallest absolute Gasteiger partial charge is 0.341 e. The van der Waals surface area contributed by atoms with E-state index in [1.54, 1.807) is 24.3 Å². The molecule has 1 aromatic carbocycles. The van der Waals surface area contributed by atoms with Gasteiger partial charge in [-0.1, -0.05) is 0 Å². The normalized spacial score (nSPS) is 12.8. The molecule has 0 bridgehead atoms. The molecule has 0 saturated heterocycles. The Labute approximate surface area is 167 Å². The highest BCUT2D eigenvalue weighted by atomic mass is 32.1. The average Bonchev–Trinajstić information content (AvgIpc) is 3.03. The van der Waals surface area contributed by atoms with Crippen LogP contribution in [0.1, 0.15) is 57.8 Å². The van der Waals surface area contributed by atoms with Crippen molar-refractivity contribution in [3.05, 3.63) is 45.8 Å². The molecule has 2 aromatic rings. The molecule has 1 aliphatic carbocycles. The molecule has 0 fully saturated rings. The van der Waals surface area contributed by atoms with Crippen LogP contribution in [0.3, 0.4) is 0 Å². The van der Waals surface area contributed by atoms with Gasteiger partial charge < -0.3 is 14.8 Å². The van der Waals surface area contributed by atoms with E-state index >= 15 is 0 Å². The molecule has 0 aliphatic heterocycles. The molecule has 7 heteroatoms. The number of Topliss-reactive ketones (excluding diaryl/α,β-unsaturated/α-hetero) is 1. The first-order valence-electron chi connectivity index (χ1n) is 9.35. The predicted octanol–water partition coefficient (Wildman–Crippen LogP) is 4.02.